The summed E-state index contributed by atoms with van der Waals surface area (Å²) in [6.45, 7) is 4.00. The summed E-state index contributed by atoms with van der Waals surface area (Å²) in [5.41, 5.74) is 9.47. The van der Waals surface area contributed by atoms with Gasteiger partial charge >= 0.3 is 0 Å². The molecular weight excluding hydrogens is 855 g/mol. The second-order valence-corrected chi connectivity index (χ2v) is 14.8. The van der Waals surface area contributed by atoms with Crippen LogP contribution in [0.25, 0.3) is 89.4 Å². The van der Waals surface area contributed by atoms with Crippen molar-refractivity contribution in [2.75, 3.05) is 28.4 Å². The normalized spacial score (nSPS) is 10.8. The first-order valence-electron chi connectivity index (χ1n) is 21.7. The van der Waals surface area contributed by atoms with Crippen LogP contribution in [0.2, 0.25) is 0 Å². The van der Waals surface area contributed by atoms with Crippen LogP contribution in [0.5, 0.6) is 23.0 Å². The Balaban J connectivity index is 0.000000165. The fourth-order valence-electron chi connectivity index (χ4n) is 7.64. The van der Waals surface area contributed by atoms with Gasteiger partial charge in [-0.1, -0.05) is 80.6 Å². The highest BCUT2D eigenvalue weighted by Crippen LogP contribution is 2.39. The molecule has 68 heavy (non-hydrogen) atoms. The molecule has 0 bridgehead atoms. The van der Waals surface area contributed by atoms with Gasteiger partial charge in [0.2, 0.25) is 0 Å². The maximum Gasteiger partial charge on any atom is 0.251 e. The molecule has 0 amide bonds. The Morgan fingerprint density at radius 1 is 0.426 bits per heavy atom. The monoisotopic (exact) mass is 899 g/mol. The van der Waals surface area contributed by atoms with Crippen LogP contribution in [0.1, 0.15) is 13.8 Å². The average Bonchev–Trinajstić information content (AvgIpc) is 4.13. The van der Waals surface area contributed by atoms with Crippen molar-refractivity contribution in [2.45, 2.75) is 13.8 Å². The van der Waals surface area contributed by atoms with Crippen molar-refractivity contribution in [3.63, 3.8) is 0 Å². The number of rotatable bonds is 10. The van der Waals surface area contributed by atoms with Crippen LogP contribution in [-0.2, 0) is 0 Å². The summed E-state index contributed by atoms with van der Waals surface area (Å²) in [6, 6.07) is 35.3. The SMILES string of the molecule is CC.COc1cc2nc(-n3cc(-c4cccnc4)cn3)nc(-c3cccc4cccnc34)c2cc1OC.COc1cc2nc(-n3cc(-c4cccnc4)cn3)nc(-c3ccccc3)c2cc1OC. The first kappa shape index (κ1) is 44.1. The molecule has 4 aromatic carbocycles. The number of ether oxygens (including phenoxy) is 4. The largest absolute Gasteiger partial charge is 0.493 e. The Bertz CT molecular complexity index is 3490. The van der Waals surface area contributed by atoms with Gasteiger partial charge in [-0.05, 0) is 30.3 Å². The fourth-order valence-corrected chi connectivity index (χ4v) is 7.64. The van der Waals surface area contributed by atoms with Crippen molar-refractivity contribution in [1.29, 1.82) is 0 Å². The van der Waals surface area contributed by atoms with Gasteiger partial charge in [0.05, 0.1) is 68.8 Å². The van der Waals surface area contributed by atoms with Gasteiger partial charge in [0, 0.05) is 105 Å². The van der Waals surface area contributed by atoms with Gasteiger partial charge in [-0.2, -0.15) is 10.2 Å². The van der Waals surface area contributed by atoms with E-state index in [1.807, 2.05) is 135 Å². The molecule has 0 atom stereocenters. The summed E-state index contributed by atoms with van der Waals surface area (Å²) < 4.78 is 25.4. The molecule has 15 heteroatoms. The van der Waals surface area contributed by atoms with E-state index in [1.165, 1.54) is 0 Å². The number of fused-ring (bicyclic) bond motifs is 3. The quantitative estimate of drug-likeness (QED) is 0.128. The third-order valence-corrected chi connectivity index (χ3v) is 10.9. The van der Waals surface area contributed by atoms with Crippen molar-refractivity contribution >= 4 is 32.7 Å². The van der Waals surface area contributed by atoms with Crippen LogP contribution in [0, 0.1) is 0 Å². The molecule has 7 aromatic heterocycles. The van der Waals surface area contributed by atoms with Crippen molar-refractivity contribution in [1.82, 2.24) is 54.4 Å². The van der Waals surface area contributed by atoms with Crippen LogP contribution in [-0.4, -0.2) is 82.9 Å². The number of benzene rings is 4. The Kier molecular flexibility index (Phi) is 12.9. The second-order valence-electron chi connectivity index (χ2n) is 14.8. The summed E-state index contributed by atoms with van der Waals surface area (Å²) in [5.74, 6) is 3.32. The van der Waals surface area contributed by atoms with E-state index in [9.17, 15) is 0 Å². The minimum absolute atomic E-state index is 0.433. The Morgan fingerprint density at radius 2 is 0.912 bits per heavy atom. The fraction of sp³-hybridized carbons (Fsp3) is 0.113. The number of nitrogens with zero attached hydrogens (tertiary/aromatic N) is 11. The highest BCUT2D eigenvalue weighted by atomic mass is 16.5. The minimum Gasteiger partial charge on any atom is -0.493 e. The summed E-state index contributed by atoms with van der Waals surface area (Å²) in [6.07, 6.45) is 16.2. The molecule has 0 aliphatic carbocycles. The van der Waals surface area contributed by atoms with Gasteiger partial charge in [-0.25, -0.2) is 29.3 Å². The Labute approximate surface area is 391 Å². The van der Waals surface area contributed by atoms with Crippen LogP contribution in [0.15, 0.2) is 165 Å². The minimum atomic E-state index is 0.433. The molecule has 15 nitrogen and oxygen atoms in total. The lowest BCUT2D eigenvalue weighted by Gasteiger charge is -2.14. The van der Waals surface area contributed by atoms with E-state index in [0.29, 0.717) is 40.4 Å². The van der Waals surface area contributed by atoms with Crippen molar-refractivity contribution in [2.24, 2.45) is 0 Å². The van der Waals surface area contributed by atoms with E-state index in [-0.39, 0.29) is 0 Å². The summed E-state index contributed by atoms with van der Waals surface area (Å²) in [7, 11) is 6.44. The van der Waals surface area contributed by atoms with E-state index in [1.54, 1.807) is 81.2 Å². The molecule has 0 unspecified atom stereocenters. The predicted octanol–water partition coefficient (Wildman–Crippen LogP) is 10.7. The predicted molar refractivity (Wildman–Crippen MR) is 264 cm³/mol. The van der Waals surface area contributed by atoms with Crippen LogP contribution >= 0.6 is 0 Å². The molecule has 0 saturated heterocycles. The first-order valence-corrected chi connectivity index (χ1v) is 21.7. The van der Waals surface area contributed by atoms with Crippen molar-refractivity contribution < 1.29 is 18.9 Å². The van der Waals surface area contributed by atoms with E-state index in [0.717, 1.165) is 72.0 Å². The van der Waals surface area contributed by atoms with E-state index < -0.39 is 0 Å². The van der Waals surface area contributed by atoms with Crippen LogP contribution in [0.4, 0.5) is 0 Å². The molecular formula is C53H45N11O4. The average molecular weight is 900 g/mol. The highest BCUT2D eigenvalue weighted by molar-refractivity contribution is 6.02. The van der Waals surface area contributed by atoms with Gasteiger partial charge < -0.3 is 18.9 Å². The van der Waals surface area contributed by atoms with E-state index in [2.05, 4.69) is 25.1 Å². The van der Waals surface area contributed by atoms with Crippen molar-refractivity contribution in [3.05, 3.63) is 165 Å². The lowest BCUT2D eigenvalue weighted by atomic mass is 10.0. The van der Waals surface area contributed by atoms with Crippen molar-refractivity contribution in [3.8, 4) is 79.7 Å². The summed E-state index contributed by atoms with van der Waals surface area (Å²) in [4.78, 5) is 32.4. The number of aromatic nitrogens is 11. The maximum absolute atomic E-state index is 5.57. The second kappa shape index (κ2) is 20.0. The highest BCUT2D eigenvalue weighted by Gasteiger charge is 2.19. The van der Waals surface area contributed by atoms with Crippen LogP contribution in [0.3, 0.4) is 0 Å². The van der Waals surface area contributed by atoms with Gasteiger partial charge in [0.15, 0.2) is 23.0 Å². The first-order chi connectivity index (χ1) is 33.5. The standard InChI is InChI=1S/C27H20N6O2.C24H19N5O2.C2H6/c1-34-23-12-21-22(13-24(23)35-2)31-27(33-16-19(15-30-33)18-8-4-10-28-14-18)32-26(21)20-9-3-6-17-7-5-11-29-25(17)20;1-30-21-11-19-20(12-22(21)31-2)27-24(28-23(19)16-7-4-3-5-8-16)29-15-18(14-26-29)17-9-6-10-25-13-17;1-2/h3-16H,1-2H3;3-15H,1-2H3;1-2H3. The molecule has 336 valence electrons. The van der Waals surface area contributed by atoms with Gasteiger partial charge in [-0.15, -0.1) is 0 Å². The molecule has 11 rings (SSSR count). The molecule has 0 fully saturated rings. The zero-order valence-corrected chi connectivity index (χ0v) is 38.1. The zero-order valence-electron chi connectivity index (χ0n) is 38.1. The van der Waals surface area contributed by atoms with Gasteiger partial charge in [0.25, 0.3) is 11.9 Å². The molecule has 0 saturated carbocycles. The Morgan fingerprint density at radius 3 is 1.44 bits per heavy atom. The van der Waals surface area contributed by atoms with Gasteiger partial charge in [-0.3, -0.25) is 15.0 Å². The molecule has 7 heterocycles. The molecule has 0 spiro atoms. The molecule has 0 aliphatic rings. The zero-order chi connectivity index (χ0) is 47.0. The number of pyridine rings is 3. The Hall–Kier alpha value is -9.11. The maximum atomic E-state index is 5.57. The van der Waals surface area contributed by atoms with E-state index in [4.69, 9.17) is 38.9 Å². The molecule has 0 aliphatic heterocycles. The third-order valence-electron chi connectivity index (χ3n) is 10.9. The molecule has 11 aromatic rings. The summed E-state index contributed by atoms with van der Waals surface area (Å²) in [5, 5.41) is 11.7. The summed E-state index contributed by atoms with van der Waals surface area (Å²) >= 11 is 0. The number of hydrogen-bond donors (Lipinski definition) is 0. The number of para-hydroxylation sites is 1. The van der Waals surface area contributed by atoms with E-state index >= 15 is 0 Å². The van der Waals surface area contributed by atoms with Gasteiger partial charge in [0.1, 0.15) is 0 Å². The smallest absolute Gasteiger partial charge is 0.251 e. The lowest BCUT2D eigenvalue weighted by molar-refractivity contribution is 0.356. The topological polar surface area (TPSA) is 163 Å². The number of hydrogen-bond acceptors (Lipinski definition) is 13. The van der Waals surface area contributed by atoms with Crippen LogP contribution < -0.4 is 18.9 Å². The molecule has 0 radical (unpaired) electrons. The molecule has 0 N–H and O–H groups in total. The lowest BCUT2D eigenvalue weighted by Crippen LogP contribution is -2.04. The third kappa shape index (κ3) is 8.83. The number of methoxy groups -OCH3 is 4.